The molecule has 0 aliphatic rings. The highest BCUT2D eigenvalue weighted by atomic mass is 15.3. The Morgan fingerprint density at radius 2 is 1.04 bits per heavy atom. The highest BCUT2D eigenvalue weighted by molar-refractivity contribution is 6.31. The van der Waals surface area contributed by atoms with Crippen molar-refractivity contribution in [3.05, 3.63) is 84.2 Å². The van der Waals surface area contributed by atoms with E-state index in [1.807, 2.05) is 67.0 Å². The minimum absolute atomic E-state index is 0.961. The fraction of sp³-hybridized carbons (Fsp3) is 0.100. The van der Waals surface area contributed by atoms with E-state index in [1.165, 1.54) is 0 Å². The molecule has 121 valence electrons. The number of aromatic nitrogens is 4. The lowest BCUT2D eigenvalue weighted by Gasteiger charge is -2.04. The predicted molar refractivity (Wildman–Crippen MR) is 101 cm³/mol. The predicted octanol–water partition coefficient (Wildman–Crippen LogP) is 3.96. The van der Waals surface area contributed by atoms with Gasteiger partial charge in [0.05, 0.1) is 11.4 Å². The van der Waals surface area contributed by atoms with Gasteiger partial charge in [0.2, 0.25) is 0 Å². The topological polar surface area (TPSA) is 35.6 Å². The molecule has 2 aromatic heterocycles. The van der Waals surface area contributed by atoms with Crippen molar-refractivity contribution in [3.8, 4) is 22.5 Å². The Balaban J connectivity index is 1.63. The Morgan fingerprint density at radius 3 is 1.44 bits per heavy atom. The van der Waals surface area contributed by atoms with Crippen molar-refractivity contribution in [2.45, 2.75) is 13.8 Å². The number of aryl methyl sites for hydroxylation is 2. The van der Waals surface area contributed by atoms with Crippen molar-refractivity contribution >= 4 is 7.55 Å². The molecule has 0 amide bonds. The Morgan fingerprint density at radius 1 is 0.640 bits per heavy atom. The van der Waals surface area contributed by atoms with E-state index in [9.17, 15) is 0 Å². The van der Waals surface area contributed by atoms with Crippen LogP contribution in [0.1, 0.15) is 11.4 Å². The van der Waals surface area contributed by atoms with Gasteiger partial charge in [-0.3, -0.25) is 9.19 Å². The van der Waals surface area contributed by atoms with E-state index in [0.29, 0.717) is 0 Å². The van der Waals surface area contributed by atoms with Gasteiger partial charge in [0.25, 0.3) is 0 Å². The summed E-state index contributed by atoms with van der Waals surface area (Å²) in [5.41, 5.74) is 6.27. The first-order valence-electron chi connectivity index (χ1n) is 8.29. The molecule has 0 bridgehead atoms. The maximum Gasteiger partial charge on any atom is 0.437 e. The first-order valence-corrected chi connectivity index (χ1v) is 8.29. The molecule has 5 heteroatoms. The van der Waals surface area contributed by atoms with Crippen LogP contribution in [-0.2, 0) is 0 Å². The normalized spacial score (nSPS) is 10.8. The van der Waals surface area contributed by atoms with E-state index < -0.39 is 0 Å². The molecule has 25 heavy (non-hydrogen) atoms. The average Bonchev–Trinajstić information content (AvgIpc) is 3.20. The van der Waals surface area contributed by atoms with Crippen LogP contribution in [0.25, 0.3) is 22.5 Å². The lowest BCUT2D eigenvalue weighted by atomic mass is 10.1. The zero-order valence-electron chi connectivity index (χ0n) is 14.3. The fourth-order valence-electron chi connectivity index (χ4n) is 2.81. The summed E-state index contributed by atoms with van der Waals surface area (Å²) in [4.78, 5) is 0. The maximum atomic E-state index is 4.70. The summed E-state index contributed by atoms with van der Waals surface area (Å²) in [5, 5.41) is 9.40. The van der Waals surface area contributed by atoms with Gasteiger partial charge < -0.3 is 0 Å². The molecule has 4 aromatic rings. The monoisotopic (exact) mass is 325 g/mol. The summed E-state index contributed by atoms with van der Waals surface area (Å²) in [6, 6.07) is 24.6. The Kier molecular flexibility index (Phi) is 3.98. The molecule has 0 N–H and O–H groups in total. The number of hydrogen-bond acceptors (Lipinski definition) is 2. The van der Waals surface area contributed by atoms with E-state index in [2.05, 4.69) is 36.4 Å². The standard InChI is InChI=1S/C20H18BN4/c1-15-13-19(17-9-5-3-6-10-17)22-24(15)21-25-16(2)14-20(23-25)18-11-7-4-8-12-18/h3-14H,1-2H3. The minimum Gasteiger partial charge on any atom is -0.289 e. The van der Waals surface area contributed by atoms with Crippen LogP contribution < -0.4 is 0 Å². The first-order chi connectivity index (χ1) is 12.2. The molecule has 0 saturated carbocycles. The largest absolute Gasteiger partial charge is 0.437 e. The van der Waals surface area contributed by atoms with Crippen molar-refractivity contribution < 1.29 is 0 Å². The van der Waals surface area contributed by atoms with Gasteiger partial charge >= 0.3 is 7.55 Å². The Hall–Kier alpha value is -3.08. The van der Waals surface area contributed by atoms with Crippen LogP contribution in [0.5, 0.6) is 0 Å². The summed E-state index contributed by atoms with van der Waals surface area (Å²) < 4.78 is 3.74. The summed E-state index contributed by atoms with van der Waals surface area (Å²) >= 11 is 0. The molecule has 1 radical (unpaired) electrons. The molecule has 0 aliphatic carbocycles. The van der Waals surface area contributed by atoms with E-state index >= 15 is 0 Å². The second-order valence-electron chi connectivity index (χ2n) is 6.08. The third-order valence-electron chi connectivity index (χ3n) is 4.20. The molecule has 2 aromatic carbocycles. The third-order valence-corrected chi connectivity index (χ3v) is 4.20. The maximum absolute atomic E-state index is 4.70. The molecule has 0 unspecified atom stereocenters. The number of nitrogens with zero attached hydrogens (tertiary/aromatic N) is 4. The number of hydrogen-bond donors (Lipinski definition) is 0. The van der Waals surface area contributed by atoms with Crippen molar-refractivity contribution in [1.82, 2.24) is 19.4 Å². The van der Waals surface area contributed by atoms with Gasteiger partial charge in [-0.2, -0.15) is 10.2 Å². The van der Waals surface area contributed by atoms with Crippen molar-refractivity contribution in [2.75, 3.05) is 0 Å². The number of benzene rings is 2. The van der Waals surface area contributed by atoms with Gasteiger partial charge in [-0.25, -0.2) is 0 Å². The minimum atomic E-state index is 0.961. The van der Waals surface area contributed by atoms with E-state index in [0.717, 1.165) is 33.9 Å². The molecule has 0 atom stereocenters. The molecular formula is C20H18BN4. The van der Waals surface area contributed by atoms with Gasteiger partial charge in [0.15, 0.2) is 0 Å². The van der Waals surface area contributed by atoms with Gasteiger partial charge in [0.1, 0.15) is 0 Å². The quantitative estimate of drug-likeness (QED) is 0.532. The Labute approximate surface area is 148 Å². The molecule has 4 rings (SSSR count). The van der Waals surface area contributed by atoms with Crippen LogP contribution in [0, 0.1) is 13.8 Å². The van der Waals surface area contributed by atoms with Gasteiger partial charge in [-0.1, -0.05) is 60.7 Å². The molecular weight excluding hydrogens is 307 g/mol. The van der Waals surface area contributed by atoms with Crippen molar-refractivity contribution in [3.63, 3.8) is 0 Å². The summed E-state index contributed by atoms with van der Waals surface area (Å²) in [7, 11) is 1.92. The van der Waals surface area contributed by atoms with Crippen LogP contribution in [0.15, 0.2) is 72.8 Å². The van der Waals surface area contributed by atoms with Crippen LogP contribution >= 0.6 is 0 Å². The molecule has 0 spiro atoms. The fourth-order valence-corrected chi connectivity index (χ4v) is 2.81. The highest BCUT2D eigenvalue weighted by Crippen LogP contribution is 2.20. The molecule has 0 saturated heterocycles. The van der Waals surface area contributed by atoms with Crippen molar-refractivity contribution in [2.24, 2.45) is 0 Å². The SMILES string of the molecule is Cc1cc(-c2ccccc2)nn1[B]n1nc(-c2ccccc2)cc1C. The van der Waals surface area contributed by atoms with Gasteiger partial charge in [0, 0.05) is 22.5 Å². The van der Waals surface area contributed by atoms with Crippen LogP contribution in [0.3, 0.4) is 0 Å². The third kappa shape index (κ3) is 3.13. The molecule has 4 nitrogen and oxygen atoms in total. The zero-order chi connectivity index (χ0) is 17.2. The molecule has 2 heterocycles. The lowest BCUT2D eigenvalue weighted by molar-refractivity contribution is 0.851. The van der Waals surface area contributed by atoms with Gasteiger partial charge in [-0.15, -0.1) is 0 Å². The molecule has 0 aliphatic heterocycles. The summed E-state index contributed by atoms with van der Waals surface area (Å²) in [6.07, 6.45) is 0. The lowest BCUT2D eigenvalue weighted by Crippen LogP contribution is -2.21. The van der Waals surface area contributed by atoms with E-state index in [4.69, 9.17) is 10.2 Å². The van der Waals surface area contributed by atoms with Crippen LogP contribution in [0.2, 0.25) is 0 Å². The second kappa shape index (κ2) is 6.44. The van der Waals surface area contributed by atoms with Gasteiger partial charge in [-0.05, 0) is 26.0 Å². The smallest absolute Gasteiger partial charge is 0.289 e. The van der Waals surface area contributed by atoms with Crippen LogP contribution in [-0.4, -0.2) is 26.9 Å². The first kappa shape index (κ1) is 15.5. The average molecular weight is 325 g/mol. The molecule has 0 fully saturated rings. The van der Waals surface area contributed by atoms with Crippen LogP contribution in [0.4, 0.5) is 0 Å². The summed E-state index contributed by atoms with van der Waals surface area (Å²) in [5.74, 6) is 0. The second-order valence-corrected chi connectivity index (χ2v) is 6.08. The van der Waals surface area contributed by atoms with E-state index in [-0.39, 0.29) is 0 Å². The van der Waals surface area contributed by atoms with E-state index in [1.54, 1.807) is 0 Å². The van der Waals surface area contributed by atoms with Crippen molar-refractivity contribution in [1.29, 1.82) is 0 Å². The Bertz CT molecular complexity index is 905. The highest BCUT2D eigenvalue weighted by Gasteiger charge is 2.12. The zero-order valence-corrected chi connectivity index (χ0v) is 14.3. The number of rotatable bonds is 4. The summed E-state index contributed by atoms with van der Waals surface area (Å²) in [6.45, 7) is 4.10.